The Bertz CT molecular complexity index is 223. The lowest BCUT2D eigenvalue weighted by molar-refractivity contribution is -0.758. The molecule has 1 aliphatic heterocycles. The first-order valence-corrected chi connectivity index (χ1v) is 5.48. The molecule has 0 saturated carbocycles. The molecule has 5 heteroatoms. The highest BCUT2D eigenvalue weighted by molar-refractivity contribution is 4.78. The van der Waals surface area contributed by atoms with E-state index in [4.69, 9.17) is 0 Å². The molecule has 15 heavy (non-hydrogen) atoms. The summed E-state index contributed by atoms with van der Waals surface area (Å²) >= 11 is 0. The number of hydrogen-bond acceptors (Lipinski definition) is 4. The van der Waals surface area contributed by atoms with Gasteiger partial charge in [0.05, 0.1) is 6.61 Å². The van der Waals surface area contributed by atoms with Gasteiger partial charge in [0.15, 0.2) is 0 Å². The van der Waals surface area contributed by atoms with Gasteiger partial charge in [-0.25, -0.2) is 0 Å². The quantitative estimate of drug-likeness (QED) is 0.530. The van der Waals surface area contributed by atoms with Crippen LogP contribution in [0.15, 0.2) is 0 Å². The molecule has 0 aromatic heterocycles. The Morgan fingerprint density at radius 1 is 1.47 bits per heavy atom. The van der Waals surface area contributed by atoms with Gasteiger partial charge in [-0.2, -0.15) is 0 Å². The molecule has 0 radical (unpaired) electrons. The summed E-state index contributed by atoms with van der Waals surface area (Å²) in [6.07, 6.45) is 4.19. The summed E-state index contributed by atoms with van der Waals surface area (Å²) in [5.41, 5.74) is 0.209. The highest BCUT2D eigenvalue weighted by Gasteiger charge is 2.26. The van der Waals surface area contributed by atoms with Gasteiger partial charge >= 0.3 is 0 Å². The van der Waals surface area contributed by atoms with E-state index >= 15 is 0 Å². The van der Waals surface area contributed by atoms with E-state index in [9.17, 15) is 10.1 Å². The van der Waals surface area contributed by atoms with Gasteiger partial charge in [-0.05, 0) is 51.2 Å². The van der Waals surface area contributed by atoms with Crippen LogP contribution >= 0.6 is 0 Å². The van der Waals surface area contributed by atoms with Crippen LogP contribution < -0.4 is 0 Å². The van der Waals surface area contributed by atoms with Gasteiger partial charge in [0.1, 0.15) is 0 Å². The summed E-state index contributed by atoms with van der Waals surface area (Å²) in [5, 5.41) is 9.34. The fourth-order valence-corrected chi connectivity index (χ4v) is 2.09. The summed E-state index contributed by atoms with van der Waals surface area (Å²) in [6.45, 7) is 4.64. The van der Waals surface area contributed by atoms with E-state index in [0.29, 0.717) is 0 Å². The fourth-order valence-electron chi connectivity index (χ4n) is 2.09. The van der Waals surface area contributed by atoms with E-state index in [1.807, 2.05) is 0 Å². The molecule has 1 unspecified atom stereocenters. The minimum atomic E-state index is -0.702. The molecule has 1 saturated heterocycles. The maximum Gasteiger partial charge on any atom is 0.294 e. The third-order valence-corrected chi connectivity index (χ3v) is 3.32. The van der Waals surface area contributed by atoms with Crippen molar-refractivity contribution in [2.24, 2.45) is 5.41 Å². The van der Waals surface area contributed by atoms with E-state index in [-0.39, 0.29) is 12.0 Å². The molecule has 0 aromatic carbocycles. The maximum absolute atomic E-state index is 10.0. The molecule has 0 spiro atoms. The molecule has 0 N–H and O–H groups in total. The van der Waals surface area contributed by atoms with E-state index in [1.165, 1.54) is 6.42 Å². The molecule has 1 atom stereocenters. The monoisotopic (exact) mass is 216 g/mol. The molecule has 0 aliphatic carbocycles. The van der Waals surface area contributed by atoms with Crippen molar-refractivity contribution in [2.45, 2.75) is 32.6 Å². The Balaban J connectivity index is 2.33. The number of nitrogens with zero attached hydrogens (tertiary/aromatic N) is 2. The predicted molar refractivity (Wildman–Crippen MR) is 57.0 cm³/mol. The smallest absolute Gasteiger partial charge is 0.294 e. The van der Waals surface area contributed by atoms with Crippen LogP contribution in [0.4, 0.5) is 0 Å². The van der Waals surface area contributed by atoms with Crippen LogP contribution in [0.2, 0.25) is 0 Å². The fraction of sp³-hybridized carbons (Fsp3) is 1.00. The lowest BCUT2D eigenvalue weighted by Gasteiger charge is -2.27. The normalized spacial score (nSPS) is 28.4. The first-order chi connectivity index (χ1) is 7.02. The largest absolute Gasteiger partial charge is 0.314 e. The maximum atomic E-state index is 10.0. The molecule has 0 amide bonds. The van der Waals surface area contributed by atoms with Gasteiger partial charge in [-0.15, -0.1) is 10.1 Å². The third kappa shape index (κ3) is 4.46. The van der Waals surface area contributed by atoms with Crippen molar-refractivity contribution in [1.29, 1.82) is 0 Å². The van der Waals surface area contributed by atoms with Gasteiger partial charge in [-0.3, -0.25) is 0 Å². The van der Waals surface area contributed by atoms with Crippen LogP contribution in [0.25, 0.3) is 0 Å². The van der Waals surface area contributed by atoms with Gasteiger partial charge in [0.2, 0.25) is 0 Å². The standard InChI is InChI=1S/C10H20N2O3/c1-10(6-9-15-12(13)14)4-3-7-11(2)8-5-10/h3-9H2,1-2H3. The first kappa shape index (κ1) is 12.2. The van der Waals surface area contributed by atoms with E-state index in [0.717, 1.165) is 32.4 Å². The van der Waals surface area contributed by atoms with E-state index < -0.39 is 5.09 Å². The molecule has 0 bridgehead atoms. The highest BCUT2D eigenvalue weighted by Crippen LogP contribution is 2.33. The zero-order valence-electron chi connectivity index (χ0n) is 9.57. The van der Waals surface area contributed by atoms with Crippen molar-refractivity contribution in [1.82, 2.24) is 4.90 Å². The second-order valence-corrected chi connectivity index (χ2v) is 4.77. The lowest BCUT2D eigenvalue weighted by atomic mass is 9.80. The molecule has 88 valence electrons. The van der Waals surface area contributed by atoms with E-state index in [1.54, 1.807) is 0 Å². The van der Waals surface area contributed by atoms with Gasteiger partial charge < -0.3 is 9.74 Å². The second-order valence-electron chi connectivity index (χ2n) is 4.77. The van der Waals surface area contributed by atoms with Crippen LogP contribution in [0.3, 0.4) is 0 Å². The van der Waals surface area contributed by atoms with Gasteiger partial charge in [-0.1, -0.05) is 6.92 Å². The molecule has 1 fully saturated rings. The Morgan fingerprint density at radius 3 is 2.87 bits per heavy atom. The Hall–Kier alpha value is -0.840. The molecule has 1 heterocycles. The number of rotatable bonds is 4. The average Bonchev–Trinajstić information content (AvgIpc) is 2.29. The summed E-state index contributed by atoms with van der Waals surface area (Å²) in [7, 11) is 2.12. The minimum absolute atomic E-state index is 0.209. The summed E-state index contributed by atoms with van der Waals surface area (Å²) in [6, 6.07) is 0. The van der Waals surface area contributed by atoms with Crippen LogP contribution in [0.1, 0.15) is 32.6 Å². The van der Waals surface area contributed by atoms with Crippen LogP contribution in [-0.2, 0) is 4.84 Å². The summed E-state index contributed by atoms with van der Waals surface area (Å²) in [5.74, 6) is 0. The predicted octanol–water partition coefficient (Wildman–Crippen LogP) is 1.71. The molecular weight excluding hydrogens is 196 g/mol. The van der Waals surface area contributed by atoms with Gasteiger partial charge in [0.25, 0.3) is 5.09 Å². The van der Waals surface area contributed by atoms with Crippen molar-refractivity contribution >= 4 is 0 Å². The zero-order valence-corrected chi connectivity index (χ0v) is 9.57. The molecule has 1 rings (SSSR count). The van der Waals surface area contributed by atoms with Gasteiger partial charge in [0, 0.05) is 0 Å². The first-order valence-electron chi connectivity index (χ1n) is 5.48. The van der Waals surface area contributed by atoms with Crippen molar-refractivity contribution in [2.75, 3.05) is 26.7 Å². The Kier molecular flexibility index (Phi) is 4.32. The molecule has 0 aromatic rings. The number of hydrogen-bond donors (Lipinski definition) is 0. The molecular formula is C10H20N2O3. The van der Waals surface area contributed by atoms with Crippen molar-refractivity contribution in [3.8, 4) is 0 Å². The van der Waals surface area contributed by atoms with Crippen molar-refractivity contribution in [3.05, 3.63) is 10.1 Å². The van der Waals surface area contributed by atoms with Crippen molar-refractivity contribution < 1.29 is 9.92 Å². The lowest BCUT2D eigenvalue weighted by Crippen LogP contribution is -2.23. The minimum Gasteiger partial charge on any atom is -0.314 e. The highest BCUT2D eigenvalue weighted by atomic mass is 16.9. The van der Waals surface area contributed by atoms with Crippen LogP contribution in [0.5, 0.6) is 0 Å². The summed E-state index contributed by atoms with van der Waals surface area (Å²) in [4.78, 5) is 16.7. The van der Waals surface area contributed by atoms with Crippen LogP contribution in [0, 0.1) is 15.5 Å². The Morgan fingerprint density at radius 2 is 2.20 bits per heavy atom. The SMILES string of the molecule is CN1CCCC(C)(CCO[N+](=O)[O-])CC1. The molecule has 1 aliphatic rings. The average molecular weight is 216 g/mol. The van der Waals surface area contributed by atoms with Crippen LogP contribution in [-0.4, -0.2) is 36.7 Å². The zero-order chi connectivity index (χ0) is 11.3. The summed E-state index contributed by atoms with van der Waals surface area (Å²) < 4.78 is 0. The third-order valence-electron chi connectivity index (χ3n) is 3.32. The number of likely N-dealkylation sites (tertiary alicyclic amines) is 1. The van der Waals surface area contributed by atoms with E-state index in [2.05, 4.69) is 23.7 Å². The Labute approximate surface area is 90.5 Å². The topological polar surface area (TPSA) is 55.6 Å². The second kappa shape index (κ2) is 5.30. The molecule has 5 nitrogen and oxygen atoms in total. The van der Waals surface area contributed by atoms with Crippen molar-refractivity contribution in [3.63, 3.8) is 0 Å².